The van der Waals surface area contributed by atoms with E-state index < -0.39 is 0 Å². The lowest BCUT2D eigenvalue weighted by atomic mass is 10.1. The van der Waals surface area contributed by atoms with Crippen molar-refractivity contribution in [1.82, 2.24) is 0 Å². The van der Waals surface area contributed by atoms with Crippen molar-refractivity contribution >= 4 is 5.78 Å². The third-order valence-corrected chi connectivity index (χ3v) is 2.63. The number of benzene rings is 1. The molecule has 0 heterocycles. The van der Waals surface area contributed by atoms with Crippen LogP contribution in [0.2, 0.25) is 0 Å². The molecule has 0 N–H and O–H groups in total. The average Bonchev–Trinajstić information content (AvgIpc) is 3.05. The number of ketones is 1. The highest BCUT2D eigenvalue weighted by molar-refractivity contribution is 5.82. The Labute approximate surface area is 94.4 Å². The van der Waals surface area contributed by atoms with Crippen LogP contribution in [-0.4, -0.2) is 19.0 Å². The molecule has 2 nitrogen and oxygen atoms in total. The van der Waals surface area contributed by atoms with Crippen LogP contribution in [-0.2, 0) is 16.0 Å². The summed E-state index contributed by atoms with van der Waals surface area (Å²) in [6.45, 7) is 0.878. The van der Waals surface area contributed by atoms with Crippen LogP contribution in [0.3, 0.4) is 0 Å². The Morgan fingerprint density at radius 2 is 2.00 bits per heavy atom. The molecule has 1 aliphatic carbocycles. The topological polar surface area (TPSA) is 26.3 Å². The summed E-state index contributed by atoms with van der Waals surface area (Å²) in [4.78, 5) is 11.5. The molecule has 0 amide bonds. The lowest BCUT2D eigenvalue weighted by Crippen LogP contribution is -2.12. The molecule has 0 unspecified atom stereocenters. The third-order valence-electron chi connectivity index (χ3n) is 2.63. The molecule has 1 aromatic rings. The van der Waals surface area contributed by atoms with Gasteiger partial charge in [-0.1, -0.05) is 12.1 Å². The standard InChI is InChI=1S/C13H15FO2/c14-12-5-3-10(4-6-12)7-13(15)9-16-8-11-1-2-11/h3-6,11H,1-2,7-9H2. The van der Waals surface area contributed by atoms with Crippen LogP contribution in [0.5, 0.6) is 0 Å². The summed E-state index contributed by atoms with van der Waals surface area (Å²) in [7, 11) is 0. The minimum atomic E-state index is -0.277. The summed E-state index contributed by atoms with van der Waals surface area (Å²) < 4.78 is 17.9. The van der Waals surface area contributed by atoms with E-state index in [9.17, 15) is 9.18 Å². The summed E-state index contributed by atoms with van der Waals surface area (Å²) in [5.74, 6) is 0.451. The summed E-state index contributed by atoms with van der Waals surface area (Å²) >= 11 is 0. The van der Waals surface area contributed by atoms with E-state index in [0.717, 1.165) is 5.56 Å². The van der Waals surface area contributed by atoms with E-state index in [1.165, 1.54) is 25.0 Å². The largest absolute Gasteiger partial charge is 0.373 e. The second-order valence-corrected chi connectivity index (χ2v) is 4.30. The van der Waals surface area contributed by atoms with Gasteiger partial charge in [0.15, 0.2) is 5.78 Å². The van der Waals surface area contributed by atoms with E-state index in [4.69, 9.17) is 4.74 Å². The van der Waals surface area contributed by atoms with Gasteiger partial charge in [-0.3, -0.25) is 4.79 Å². The van der Waals surface area contributed by atoms with Crippen molar-refractivity contribution in [3.05, 3.63) is 35.6 Å². The number of hydrogen-bond donors (Lipinski definition) is 0. The molecular formula is C13H15FO2. The van der Waals surface area contributed by atoms with Gasteiger partial charge in [0.05, 0.1) is 0 Å². The van der Waals surface area contributed by atoms with E-state index in [1.54, 1.807) is 12.1 Å². The molecule has 0 aromatic heterocycles. The normalized spacial score (nSPS) is 15.1. The van der Waals surface area contributed by atoms with Crippen LogP contribution in [0.25, 0.3) is 0 Å². The Hall–Kier alpha value is -1.22. The van der Waals surface area contributed by atoms with Gasteiger partial charge in [0.2, 0.25) is 0 Å². The van der Waals surface area contributed by atoms with Crippen LogP contribution in [0.15, 0.2) is 24.3 Å². The molecular weight excluding hydrogens is 207 g/mol. The highest BCUT2D eigenvalue weighted by Crippen LogP contribution is 2.28. The number of carbonyl (C=O) groups is 1. The summed E-state index contributed by atoms with van der Waals surface area (Å²) in [6, 6.07) is 6.00. The third kappa shape index (κ3) is 3.74. The molecule has 0 saturated heterocycles. The molecule has 1 fully saturated rings. The van der Waals surface area contributed by atoms with Gasteiger partial charge in [-0.15, -0.1) is 0 Å². The minimum absolute atomic E-state index is 0.0484. The van der Waals surface area contributed by atoms with Crippen LogP contribution in [0.4, 0.5) is 4.39 Å². The molecule has 2 rings (SSSR count). The maximum absolute atomic E-state index is 12.6. The average molecular weight is 222 g/mol. The van der Waals surface area contributed by atoms with Gasteiger partial charge in [-0.25, -0.2) is 4.39 Å². The van der Waals surface area contributed by atoms with Crippen LogP contribution in [0, 0.1) is 11.7 Å². The number of hydrogen-bond acceptors (Lipinski definition) is 2. The first-order valence-corrected chi connectivity index (χ1v) is 5.58. The molecule has 0 aliphatic heterocycles. The van der Waals surface area contributed by atoms with E-state index in [2.05, 4.69) is 0 Å². The van der Waals surface area contributed by atoms with Gasteiger partial charge in [0.25, 0.3) is 0 Å². The van der Waals surface area contributed by atoms with Gasteiger partial charge in [0, 0.05) is 13.0 Å². The van der Waals surface area contributed by atoms with Crippen molar-refractivity contribution in [2.75, 3.05) is 13.2 Å². The SMILES string of the molecule is O=C(COCC1CC1)Cc1ccc(F)cc1. The molecule has 1 saturated carbocycles. The molecule has 1 aliphatic rings. The Balaban J connectivity index is 1.70. The predicted octanol–water partition coefficient (Wildman–Crippen LogP) is 2.36. The fourth-order valence-corrected chi connectivity index (χ4v) is 1.50. The van der Waals surface area contributed by atoms with E-state index in [1.807, 2.05) is 0 Å². The summed E-state index contributed by atoms with van der Waals surface area (Å²) in [5, 5.41) is 0. The molecule has 0 spiro atoms. The highest BCUT2D eigenvalue weighted by Gasteiger charge is 2.21. The maximum Gasteiger partial charge on any atom is 0.162 e. The zero-order chi connectivity index (χ0) is 11.4. The monoisotopic (exact) mass is 222 g/mol. The van der Waals surface area contributed by atoms with Crippen molar-refractivity contribution in [3.63, 3.8) is 0 Å². The number of ether oxygens (including phenoxy) is 1. The Kier molecular flexibility index (Phi) is 3.67. The van der Waals surface area contributed by atoms with Crippen LogP contribution < -0.4 is 0 Å². The lowest BCUT2D eigenvalue weighted by molar-refractivity contribution is -0.123. The van der Waals surface area contributed by atoms with Crippen molar-refractivity contribution < 1.29 is 13.9 Å². The molecule has 1 aromatic carbocycles. The molecule has 0 bridgehead atoms. The zero-order valence-electron chi connectivity index (χ0n) is 9.12. The quantitative estimate of drug-likeness (QED) is 0.738. The van der Waals surface area contributed by atoms with Crippen molar-refractivity contribution in [2.24, 2.45) is 5.92 Å². The van der Waals surface area contributed by atoms with Gasteiger partial charge in [-0.05, 0) is 36.5 Å². The second kappa shape index (κ2) is 5.21. The van der Waals surface area contributed by atoms with Gasteiger partial charge >= 0.3 is 0 Å². The van der Waals surface area contributed by atoms with Crippen LogP contribution >= 0.6 is 0 Å². The fourth-order valence-electron chi connectivity index (χ4n) is 1.50. The van der Waals surface area contributed by atoms with Crippen LogP contribution in [0.1, 0.15) is 18.4 Å². The minimum Gasteiger partial charge on any atom is -0.373 e. The second-order valence-electron chi connectivity index (χ2n) is 4.30. The number of carbonyl (C=O) groups excluding carboxylic acids is 1. The molecule has 16 heavy (non-hydrogen) atoms. The van der Waals surface area contributed by atoms with E-state index >= 15 is 0 Å². The molecule has 0 radical (unpaired) electrons. The van der Waals surface area contributed by atoms with Gasteiger partial charge in [-0.2, -0.15) is 0 Å². The zero-order valence-corrected chi connectivity index (χ0v) is 9.12. The fraction of sp³-hybridized carbons (Fsp3) is 0.462. The number of halogens is 1. The van der Waals surface area contributed by atoms with E-state index in [0.29, 0.717) is 18.9 Å². The first-order chi connectivity index (χ1) is 7.74. The maximum atomic E-state index is 12.6. The van der Waals surface area contributed by atoms with Gasteiger partial charge < -0.3 is 4.74 Å². The first-order valence-electron chi connectivity index (χ1n) is 5.58. The summed E-state index contributed by atoms with van der Waals surface area (Å²) in [5.41, 5.74) is 0.835. The van der Waals surface area contributed by atoms with Gasteiger partial charge in [0.1, 0.15) is 12.4 Å². The molecule has 86 valence electrons. The lowest BCUT2D eigenvalue weighted by Gasteiger charge is -2.02. The first kappa shape index (κ1) is 11.3. The smallest absolute Gasteiger partial charge is 0.162 e. The Morgan fingerprint density at radius 1 is 1.31 bits per heavy atom. The van der Waals surface area contributed by atoms with Crippen molar-refractivity contribution in [3.8, 4) is 0 Å². The highest BCUT2D eigenvalue weighted by atomic mass is 19.1. The van der Waals surface area contributed by atoms with Crippen molar-refractivity contribution in [2.45, 2.75) is 19.3 Å². The molecule has 3 heteroatoms. The Bertz CT molecular complexity index is 355. The predicted molar refractivity (Wildman–Crippen MR) is 58.7 cm³/mol. The Morgan fingerprint density at radius 3 is 2.62 bits per heavy atom. The summed E-state index contributed by atoms with van der Waals surface area (Å²) in [6.07, 6.45) is 2.78. The number of rotatable bonds is 6. The number of Topliss-reactive ketones (excluding diaryl/α,β-unsaturated/α-hetero) is 1. The van der Waals surface area contributed by atoms with Crippen molar-refractivity contribution in [1.29, 1.82) is 0 Å². The molecule has 0 atom stereocenters. The van der Waals surface area contributed by atoms with E-state index in [-0.39, 0.29) is 18.2 Å².